The van der Waals surface area contributed by atoms with E-state index in [0.717, 1.165) is 0 Å². The predicted octanol–water partition coefficient (Wildman–Crippen LogP) is 1.75. The van der Waals surface area contributed by atoms with Crippen LogP contribution >= 0.6 is 0 Å². The van der Waals surface area contributed by atoms with Gasteiger partial charge in [-0.1, -0.05) is 32.9 Å². The third-order valence-corrected chi connectivity index (χ3v) is 5.81. The van der Waals surface area contributed by atoms with E-state index in [9.17, 15) is 19.5 Å². The van der Waals surface area contributed by atoms with Gasteiger partial charge in [-0.15, -0.1) is 0 Å². The van der Waals surface area contributed by atoms with Gasteiger partial charge < -0.3 is 20.1 Å². The van der Waals surface area contributed by atoms with Gasteiger partial charge in [0.05, 0.1) is 31.1 Å². The Labute approximate surface area is 173 Å². The highest BCUT2D eigenvalue weighted by molar-refractivity contribution is 5.96. The van der Waals surface area contributed by atoms with Crippen LogP contribution in [0.5, 0.6) is 0 Å². The Morgan fingerprint density at radius 3 is 2.41 bits per heavy atom. The predicted molar refractivity (Wildman–Crippen MR) is 110 cm³/mol. The van der Waals surface area contributed by atoms with E-state index < -0.39 is 35.8 Å². The lowest BCUT2D eigenvalue weighted by molar-refractivity contribution is -0.156. The number of hydrogen-bond donors (Lipinski definition) is 2. The standard InChI is InChI=1S/C22H36N2O5/c1-7-29-22(28)17-14(6)8-9-16-18(17)21(27)24(15(11-25)10-12(2)3)19(16)20(26)23-13(4)5/h8-9,12-19,25H,7,10-11H2,1-6H3,(H,23,26)/t14-,15-,16+,17-,18+,19+/m1/s1. The minimum absolute atomic E-state index is 0.0801. The Hall–Kier alpha value is -1.89. The summed E-state index contributed by atoms with van der Waals surface area (Å²) in [5.41, 5.74) is 0. The maximum absolute atomic E-state index is 13.6. The minimum atomic E-state index is -0.744. The first-order valence-electron chi connectivity index (χ1n) is 10.7. The Morgan fingerprint density at radius 2 is 1.90 bits per heavy atom. The summed E-state index contributed by atoms with van der Waals surface area (Å²) in [5, 5.41) is 13.0. The van der Waals surface area contributed by atoms with Crippen LogP contribution in [0.3, 0.4) is 0 Å². The van der Waals surface area contributed by atoms with E-state index in [1.807, 2.05) is 46.8 Å². The summed E-state index contributed by atoms with van der Waals surface area (Å²) in [6, 6.07) is -1.29. The van der Waals surface area contributed by atoms with E-state index in [4.69, 9.17) is 4.74 Å². The molecule has 164 valence electrons. The van der Waals surface area contributed by atoms with Gasteiger partial charge in [-0.25, -0.2) is 0 Å². The second-order valence-corrected chi connectivity index (χ2v) is 8.94. The quantitative estimate of drug-likeness (QED) is 0.471. The number of fused-ring (bicyclic) bond motifs is 1. The molecule has 2 aliphatic rings. The van der Waals surface area contributed by atoms with Crippen molar-refractivity contribution in [3.8, 4) is 0 Å². The molecule has 29 heavy (non-hydrogen) atoms. The molecule has 0 unspecified atom stereocenters. The molecule has 6 atom stereocenters. The Kier molecular flexibility index (Phi) is 7.86. The van der Waals surface area contributed by atoms with E-state index in [0.29, 0.717) is 6.42 Å². The van der Waals surface area contributed by atoms with E-state index in [2.05, 4.69) is 5.32 Å². The number of nitrogens with one attached hydrogen (secondary N) is 1. The SMILES string of the molecule is CCOC(=O)[C@H]1[C@H]2C(=O)N([C@@H](CO)CC(C)C)[C@H](C(=O)NC(C)C)[C@H]2C=C[C@H]1C. The molecule has 1 aliphatic carbocycles. The van der Waals surface area contributed by atoms with Gasteiger partial charge in [0.2, 0.25) is 11.8 Å². The van der Waals surface area contributed by atoms with E-state index in [1.54, 1.807) is 11.8 Å². The Morgan fingerprint density at radius 1 is 1.24 bits per heavy atom. The van der Waals surface area contributed by atoms with Crippen molar-refractivity contribution in [1.29, 1.82) is 0 Å². The van der Waals surface area contributed by atoms with Gasteiger partial charge >= 0.3 is 5.97 Å². The van der Waals surface area contributed by atoms with Crippen molar-refractivity contribution >= 4 is 17.8 Å². The van der Waals surface area contributed by atoms with Crippen molar-refractivity contribution < 1.29 is 24.2 Å². The molecule has 1 heterocycles. The maximum atomic E-state index is 13.6. The fraction of sp³-hybridized carbons (Fsp3) is 0.773. The summed E-state index contributed by atoms with van der Waals surface area (Å²) in [4.78, 5) is 40.9. The molecule has 0 aromatic rings. The number of hydrogen-bond acceptors (Lipinski definition) is 5. The molecule has 1 fully saturated rings. The van der Waals surface area contributed by atoms with Crippen LogP contribution in [-0.2, 0) is 19.1 Å². The number of aliphatic hydroxyl groups is 1. The monoisotopic (exact) mass is 408 g/mol. The van der Waals surface area contributed by atoms with Gasteiger partial charge in [0.1, 0.15) is 6.04 Å². The van der Waals surface area contributed by atoms with Crippen LogP contribution in [0.2, 0.25) is 0 Å². The number of allylic oxidation sites excluding steroid dienone is 1. The molecular weight excluding hydrogens is 372 g/mol. The lowest BCUT2D eigenvalue weighted by Crippen LogP contribution is -2.53. The summed E-state index contributed by atoms with van der Waals surface area (Å²) in [6.45, 7) is 11.4. The van der Waals surface area contributed by atoms with Crippen LogP contribution in [-0.4, -0.2) is 59.1 Å². The number of esters is 1. The summed E-state index contributed by atoms with van der Waals surface area (Å²) in [6.07, 6.45) is 4.39. The zero-order valence-corrected chi connectivity index (χ0v) is 18.4. The van der Waals surface area contributed by atoms with Crippen molar-refractivity contribution in [2.75, 3.05) is 13.2 Å². The number of amides is 2. The number of likely N-dealkylation sites (tertiary alicyclic amines) is 1. The first kappa shape index (κ1) is 23.4. The van der Waals surface area contributed by atoms with E-state index >= 15 is 0 Å². The largest absolute Gasteiger partial charge is 0.466 e. The van der Waals surface area contributed by atoms with Crippen LogP contribution in [0.25, 0.3) is 0 Å². The third-order valence-electron chi connectivity index (χ3n) is 5.81. The van der Waals surface area contributed by atoms with E-state index in [-0.39, 0.29) is 42.9 Å². The summed E-state index contributed by atoms with van der Waals surface area (Å²) >= 11 is 0. The number of carbonyl (C=O) groups excluding carboxylic acids is 3. The van der Waals surface area contributed by atoms with Gasteiger partial charge in [0, 0.05) is 12.0 Å². The summed E-state index contributed by atoms with van der Waals surface area (Å²) in [5.74, 6) is -2.52. The lowest BCUT2D eigenvalue weighted by atomic mass is 9.70. The minimum Gasteiger partial charge on any atom is -0.466 e. The molecule has 0 spiro atoms. The first-order valence-corrected chi connectivity index (χ1v) is 10.7. The molecule has 2 amide bonds. The van der Waals surface area contributed by atoms with Crippen LogP contribution in [0.1, 0.15) is 48.0 Å². The maximum Gasteiger partial charge on any atom is 0.310 e. The average molecular weight is 409 g/mol. The summed E-state index contributed by atoms with van der Waals surface area (Å²) in [7, 11) is 0. The second-order valence-electron chi connectivity index (χ2n) is 8.94. The van der Waals surface area contributed by atoms with Gasteiger partial charge in [-0.05, 0) is 39.0 Å². The highest BCUT2D eigenvalue weighted by atomic mass is 16.5. The molecule has 7 nitrogen and oxygen atoms in total. The number of nitrogens with zero attached hydrogens (tertiary/aromatic N) is 1. The molecular formula is C22H36N2O5. The van der Waals surface area contributed by atoms with Crippen LogP contribution < -0.4 is 5.32 Å². The van der Waals surface area contributed by atoms with Gasteiger partial charge in [-0.3, -0.25) is 14.4 Å². The Balaban J connectivity index is 2.50. The highest BCUT2D eigenvalue weighted by Gasteiger charge is 2.58. The second kappa shape index (κ2) is 9.74. The van der Waals surface area contributed by atoms with Gasteiger partial charge in [0.15, 0.2) is 0 Å². The molecule has 0 aromatic carbocycles. The van der Waals surface area contributed by atoms with Crippen LogP contribution in [0.4, 0.5) is 0 Å². The molecule has 2 rings (SSSR count). The lowest BCUT2D eigenvalue weighted by Gasteiger charge is -2.34. The molecule has 2 N–H and O–H groups in total. The highest BCUT2D eigenvalue weighted by Crippen LogP contribution is 2.45. The summed E-state index contributed by atoms with van der Waals surface area (Å²) < 4.78 is 5.26. The van der Waals surface area contributed by atoms with Gasteiger partial charge in [0.25, 0.3) is 0 Å². The first-order chi connectivity index (χ1) is 13.6. The molecule has 0 bridgehead atoms. The fourth-order valence-electron chi connectivity index (χ4n) is 4.72. The smallest absolute Gasteiger partial charge is 0.310 e. The molecule has 0 saturated carbocycles. The number of ether oxygens (including phenoxy) is 1. The van der Waals surface area contributed by atoms with Crippen molar-refractivity contribution in [2.45, 2.75) is 66.1 Å². The average Bonchev–Trinajstić information content (AvgIpc) is 2.91. The molecule has 0 aromatic heterocycles. The van der Waals surface area contributed by atoms with Crippen LogP contribution in [0.15, 0.2) is 12.2 Å². The number of carbonyl (C=O) groups is 3. The zero-order chi connectivity index (χ0) is 21.9. The van der Waals surface area contributed by atoms with Crippen molar-refractivity contribution in [2.24, 2.45) is 29.6 Å². The van der Waals surface area contributed by atoms with Crippen molar-refractivity contribution in [1.82, 2.24) is 10.2 Å². The number of rotatable bonds is 8. The van der Waals surface area contributed by atoms with Crippen LogP contribution in [0, 0.1) is 29.6 Å². The normalized spacial score (nSPS) is 29.9. The van der Waals surface area contributed by atoms with Crippen molar-refractivity contribution in [3.05, 3.63) is 12.2 Å². The van der Waals surface area contributed by atoms with Crippen molar-refractivity contribution in [3.63, 3.8) is 0 Å². The number of aliphatic hydroxyl groups excluding tert-OH is 1. The molecule has 0 radical (unpaired) electrons. The zero-order valence-electron chi connectivity index (χ0n) is 18.4. The molecule has 1 aliphatic heterocycles. The van der Waals surface area contributed by atoms with E-state index in [1.165, 1.54) is 0 Å². The fourth-order valence-corrected chi connectivity index (χ4v) is 4.72. The molecule has 1 saturated heterocycles. The Bertz CT molecular complexity index is 645. The van der Waals surface area contributed by atoms with Gasteiger partial charge in [-0.2, -0.15) is 0 Å². The third kappa shape index (κ3) is 4.82. The molecule has 7 heteroatoms. The topological polar surface area (TPSA) is 95.9 Å².